The van der Waals surface area contributed by atoms with Crippen LogP contribution in [0.3, 0.4) is 0 Å². The minimum atomic E-state index is -3.47. The van der Waals surface area contributed by atoms with Gasteiger partial charge in [0.15, 0.2) is 0 Å². The van der Waals surface area contributed by atoms with Crippen molar-refractivity contribution in [2.75, 3.05) is 0 Å². The molecule has 1 heterocycles. The SMILES string of the molecule is O=P1(O)OBO1. The van der Waals surface area contributed by atoms with Crippen LogP contribution in [-0.4, -0.2) is 12.6 Å². The van der Waals surface area contributed by atoms with E-state index in [1.165, 1.54) is 0 Å². The lowest BCUT2D eigenvalue weighted by molar-refractivity contribution is 0.222. The number of hydrogen-bond acceptors (Lipinski definition) is 3. The minimum Gasteiger partial charge on any atom is -0.322 e. The Labute approximate surface area is 35.0 Å². The van der Waals surface area contributed by atoms with E-state index in [4.69, 9.17) is 4.89 Å². The Hall–Kier alpha value is 0.175. The second-order valence-corrected chi connectivity index (χ2v) is 2.30. The molecule has 0 spiro atoms. The van der Waals surface area contributed by atoms with Crippen molar-refractivity contribution >= 4 is 15.5 Å². The lowest BCUT2D eigenvalue weighted by Gasteiger charge is -2.17. The first-order valence-corrected chi connectivity index (χ1v) is 2.82. The van der Waals surface area contributed by atoms with Gasteiger partial charge in [-0.05, 0) is 0 Å². The van der Waals surface area contributed by atoms with Crippen LogP contribution >= 0.6 is 7.82 Å². The van der Waals surface area contributed by atoms with Crippen LogP contribution in [0.4, 0.5) is 0 Å². The van der Waals surface area contributed by atoms with E-state index >= 15 is 0 Å². The molecule has 0 amide bonds. The van der Waals surface area contributed by atoms with E-state index in [1.807, 2.05) is 0 Å². The molecule has 0 aromatic carbocycles. The maximum Gasteiger partial charge on any atom is 0.456 e. The Morgan fingerprint density at radius 1 is 1.67 bits per heavy atom. The van der Waals surface area contributed by atoms with Crippen LogP contribution in [0, 0.1) is 0 Å². The molecule has 0 aromatic heterocycles. The van der Waals surface area contributed by atoms with Crippen LogP contribution in [-0.2, 0) is 13.4 Å². The highest BCUT2D eigenvalue weighted by atomic mass is 31.2. The Balaban J connectivity index is 2.53. The number of phosphoric acid groups is 1. The zero-order valence-corrected chi connectivity index (χ0v) is 3.72. The highest BCUT2D eigenvalue weighted by Gasteiger charge is 2.31. The van der Waals surface area contributed by atoms with Gasteiger partial charge in [0.2, 0.25) is 0 Å². The third kappa shape index (κ3) is 0.630. The van der Waals surface area contributed by atoms with Gasteiger partial charge in [-0.25, -0.2) is 4.57 Å². The van der Waals surface area contributed by atoms with Gasteiger partial charge in [0, 0.05) is 0 Å². The lowest BCUT2D eigenvalue weighted by atomic mass is 10.4. The summed E-state index contributed by atoms with van der Waals surface area (Å²) in [6, 6.07) is 0. The maximum atomic E-state index is 9.78. The van der Waals surface area contributed by atoms with Crippen molar-refractivity contribution in [1.29, 1.82) is 0 Å². The Morgan fingerprint density at radius 3 is 2.00 bits per heavy atom. The molecule has 34 valence electrons. The molecule has 6 heavy (non-hydrogen) atoms. The quantitative estimate of drug-likeness (QED) is 0.332. The largest absolute Gasteiger partial charge is 0.456 e. The number of rotatable bonds is 0. The smallest absolute Gasteiger partial charge is 0.322 e. The molecule has 0 unspecified atom stereocenters. The van der Waals surface area contributed by atoms with Crippen molar-refractivity contribution in [3.63, 3.8) is 0 Å². The second kappa shape index (κ2) is 1.07. The van der Waals surface area contributed by atoms with Gasteiger partial charge in [0.05, 0.1) is 0 Å². The summed E-state index contributed by atoms with van der Waals surface area (Å²) in [4.78, 5) is 8.02. The molecule has 1 aliphatic rings. The minimum absolute atomic E-state index is 0.0478. The molecule has 0 bridgehead atoms. The fourth-order valence-electron chi connectivity index (χ4n) is 0.143. The average Bonchev–Trinajstić information content (AvgIpc) is 1.32. The standard InChI is InChI=1S/BH2O4P/c2-6(3)4-1-5-6/h1H,(H,2,3). The van der Waals surface area contributed by atoms with Crippen LogP contribution < -0.4 is 0 Å². The fraction of sp³-hybridized carbons (Fsp3) is 0. The zero-order valence-electron chi connectivity index (χ0n) is 2.83. The van der Waals surface area contributed by atoms with E-state index in [9.17, 15) is 4.57 Å². The molecule has 1 aliphatic heterocycles. The fourth-order valence-corrected chi connectivity index (χ4v) is 0.429. The molecule has 0 aliphatic carbocycles. The first-order chi connectivity index (χ1) is 2.71. The topological polar surface area (TPSA) is 55.8 Å². The van der Waals surface area contributed by atoms with Crippen LogP contribution in [0.2, 0.25) is 0 Å². The summed E-state index contributed by atoms with van der Waals surface area (Å²) in [5.74, 6) is 0. The monoisotopic (exact) mass is 108 g/mol. The Morgan fingerprint density at radius 2 is 2.00 bits per heavy atom. The predicted octanol–water partition coefficient (Wildman–Crippen LogP) is -0.600. The Bertz CT molecular complexity index is 89.7. The average molecular weight is 108 g/mol. The summed E-state index contributed by atoms with van der Waals surface area (Å²) in [6.07, 6.45) is 0. The predicted molar refractivity (Wildman–Crippen MR) is 19.1 cm³/mol. The molecule has 1 N–H and O–H groups in total. The summed E-state index contributed by atoms with van der Waals surface area (Å²) >= 11 is 0. The molecule has 0 saturated carbocycles. The van der Waals surface area contributed by atoms with Gasteiger partial charge in [-0.3, -0.25) is 0 Å². The van der Waals surface area contributed by atoms with E-state index in [2.05, 4.69) is 8.88 Å². The van der Waals surface area contributed by atoms with Crippen LogP contribution in [0.5, 0.6) is 0 Å². The van der Waals surface area contributed by atoms with Gasteiger partial charge in [-0.2, -0.15) is 0 Å². The van der Waals surface area contributed by atoms with Gasteiger partial charge in [0.25, 0.3) is 0 Å². The van der Waals surface area contributed by atoms with Crippen molar-refractivity contribution < 1.29 is 18.3 Å². The third-order valence-electron chi connectivity index (χ3n) is 0.432. The van der Waals surface area contributed by atoms with Crippen LogP contribution in [0.25, 0.3) is 0 Å². The molecular formula is H2BO4P. The van der Waals surface area contributed by atoms with Gasteiger partial charge in [-0.1, -0.05) is 0 Å². The molecule has 0 atom stereocenters. The van der Waals surface area contributed by atoms with Gasteiger partial charge in [0.1, 0.15) is 0 Å². The van der Waals surface area contributed by atoms with E-state index in [0.717, 1.165) is 0 Å². The van der Waals surface area contributed by atoms with Crippen molar-refractivity contribution in [2.24, 2.45) is 0 Å². The third-order valence-corrected chi connectivity index (χ3v) is 1.30. The highest BCUT2D eigenvalue weighted by Crippen LogP contribution is 2.49. The normalized spacial score (nSPS) is 27.5. The van der Waals surface area contributed by atoms with Crippen LogP contribution in [0.1, 0.15) is 0 Å². The van der Waals surface area contributed by atoms with E-state index in [1.54, 1.807) is 0 Å². The van der Waals surface area contributed by atoms with Crippen LogP contribution in [0.15, 0.2) is 0 Å². The first-order valence-electron chi connectivity index (χ1n) is 1.33. The maximum absolute atomic E-state index is 9.78. The first kappa shape index (κ1) is 4.34. The molecule has 0 radical (unpaired) electrons. The summed E-state index contributed by atoms with van der Waals surface area (Å²) in [7, 11) is -3.51. The van der Waals surface area contributed by atoms with Gasteiger partial charge in [-0.15, -0.1) is 0 Å². The summed E-state index contributed by atoms with van der Waals surface area (Å²) in [6.45, 7) is 0. The molecule has 1 saturated heterocycles. The van der Waals surface area contributed by atoms with Gasteiger partial charge >= 0.3 is 15.5 Å². The molecule has 6 heteroatoms. The lowest BCUT2D eigenvalue weighted by Crippen LogP contribution is -2.12. The van der Waals surface area contributed by atoms with Crippen molar-refractivity contribution in [3.05, 3.63) is 0 Å². The summed E-state index contributed by atoms with van der Waals surface area (Å²) in [5.41, 5.74) is 0. The van der Waals surface area contributed by atoms with E-state index < -0.39 is 7.82 Å². The second-order valence-electron chi connectivity index (χ2n) is 0.845. The summed E-state index contributed by atoms with van der Waals surface area (Å²) in [5, 5.41) is 0. The molecule has 1 rings (SSSR count). The van der Waals surface area contributed by atoms with E-state index in [0.29, 0.717) is 0 Å². The molecule has 1 fully saturated rings. The number of hydrogen-bond donors (Lipinski definition) is 1. The van der Waals surface area contributed by atoms with Crippen molar-refractivity contribution in [2.45, 2.75) is 0 Å². The van der Waals surface area contributed by atoms with Crippen molar-refractivity contribution in [1.82, 2.24) is 0 Å². The Kier molecular flexibility index (Phi) is 0.775. The zero-order chi connectivity index (χ0) is 4.62. The molecule has 4 nitrogen and oxygen atoms in total. The van der Waals surface area contributed by atoms with Gasteiger partial charge < -0.3 is 13.8 Å². The highest BCUT2D eigenvalue weighted by molar-refractivity contribution is 7.52. The summed E-state index contributed by atoms with van der Waals surface area (Å²) < 4.78 is 17.8. The van der Waals surface area contributed by atoms with E-state index in [-0.39, 0.29) is 7.69 Å². The molecular weight excluding hydrogens is 106 g/mol. The molecule has 0 aromatic rings. The van der Waals surface area contributed by atoms with Crippen molar-refractivity contribution in [3.8, 4) is 0 Å².